The molecular formula is C29H48O10. The highest BCUT2D eigenvalue weighted by molar-refractivity contribution is 5.05. The van der Waals surface area contributed by atoms with Crippen molar-refractivity contribution in [3.63, 3.8) is 0 Å². The molecule has 224 valence electrons. The van der Waals surface area contributed by atoms with Crippen molar-refractivity contribution in [1.29, 1.82) is 0 Å². The van der Waals surface area contributed by atoms with Crippen LogP contribution in [0.5, 0.6) is 0 Å². The summed E-state index contributed by atoms with van der Waals surface area (Å²) in [6.07, 6.45) is -1.80. The van der Waals surface area contributed by atoms with Crippen LogP contribution in [0.15, 0.2) is 0 Å². The van der Waals surface area contributed by atoms with Crippen molar-refractivity contribution in [2.75, 3.05) is 13.2 Å². The van der Waals surface area contributed by atoms with Gasteiger partial charge in [0.25, 0.3) is 0 Å². The second-order valence-electron chi connectivity index (χ2n) is 13.7. The SMILES string of the molecule is C[C@@H]1C[C@@H]2O[C@@H]3[C@@H](C)[C@H](O)[C@@H]4OC5(C[C@H](O)CO5)[C@@H](C)[C@H](C)[C@H]4O[C@H]3C[C@H]2O[C@H]2C[C@@H](O)[C@](C)(CO)O[C@@H]2C1. The van der Waals surface area contributed by atoms with Crippen LogP contribution in [0.2, 0.25) is 0 Å². The summed E-state index contributed by atoms with van der Waals surface area (Å²) in [6, 6.07) is 0. The van der Waals surface area contributed by atoms with E-state index in [0.29, 0.717) is 19.3 Å². The average Bonchev–Trinajstić information content (AvgIpc) is 3.23. The summed E-state index contributed by atoms with van der Waals surface area (Å²) in [5.74, 6) is -0.897. The van der Waals surface area contributed by atoms with Gasteiger partial charge in [-0.15, -0.1) is 0 Å². The Morgan fingerprint density at radius 1 is 0.718 bits per heavy atom. The highest BCUT2D eigenvalue weighted by Crippen LogP contribution is 2.50. The Morgan fingerprint density at radius 3 is 2.08 bits per heavy atom. The summed E-state index contributed by atoms with van der Waals surface area (Å²) in [7, 11) is 0. The molecule has 1 spiro atoms. The summed E-state index contributed by atoms with van der Waals surface area (Å²) in [5, 5.41) is 42.5. The first-order valence-corrected chi connectivity index (χ1v) is 15.1. The van der Waals surface area contributed by atoms with Gasteiger partial charge in [0.15, 0.2) is 5.79 Å². The summed E-state index contributed by atoms with van der Waals surface area (Å²) >= 11 is 0. The normalized spacial score (nSPS) is 59.8. The van der Waals surface area contributed by atoms with Crippen molar-refractivity contribution in [3.05, 3.63) is 0 Å². The number of fused-ring (bicyclic) bond motifs is 4. The van der Waals surface area contributed by atoms with E-state index in [1.54, 1.807) is 6.92 Å². The van der Waals surface area contributed by atoms with E-state index < -0.39 is 35.8 Å². The van der Waals surface area contributed by atoms with Crippen molar-refractivity contribution in [3.8, 4) is 0 Å². The summed E-state index contributed by atoms with van der Waals surface area (Å²) < 4.78 is 39.1. The van der Waals surface area contributed by atoms with Gasteiger partial charge in [-0.05, 0) is 31.6 Å². The maximum atomic E-state index is 11.6. The highest BCUT2D eigenvalue weighted by Gasteiger charge is 2.61. The van der Waals surface area contributed by atoms with Gasteiger partial charge in [0.2, 0.25) is 0 Å². The van der Waals surface area contributed by atoms with Crippen LogP contribution in [0.1, 0.15) is 66.7 Å². The number of rotatable bonds is 1. The van der Waals surface area contributed by atoms with Gasteiger partial charge in [0, 0.05) is 31.1 Å². The van der Waals surface area contributed by atoms with Crippen LogP contribution in [0.4, 0.5) is 0 Å². The van der Waals surface area contributed by atoms with Gasteiger partial charge < -0.3 is 48.8 Å². The monoisotopic (exact) mass is 556 g/mol. The molecule has 6 aliphatic rings. The third-order valence-corrected chi connectivity index (χ3v) is 10.9. The Balaban J connectivity index is 1.24. The largest absolute Gasteiger partial charge is 0.393 e. The zero-order valence-corrected chi connectivity index (χ0v) is 23.8. The van der Waals surface area contributed by atoms with E-state index in [2.05, 4.69) is 20.8 Å². The maximum Gasteiger partial charge on any atom is 0.174 e. The third-order valence-electron chi connectivity index (χ3n) is 10.9. The number of aliphatic hydroxyl groups is 4. The second-order valence-corrected chi connectivity index (χ2v) is 13.7. The Hall–Kier alpha value is -0.400. The topological polar surface area (TPSA) is 136 Å². The fraction of sp³-hybridized carbons (Fsp3) is 1.00. The molecule has 17 atom stereocenters. The number of hydrogen-bond acceptors (Lipinski definition) is 10. The second kappa shape index (κ2) is 10.4. The Morgan fingerprint density at radius 2 is 1.38 bits per heavy atom. The summed E-state index contributed by atoms with van der Waals surface area (Å²) in [4.78, 5) is 0. The third kappa shape index (κ3) is 4.80. The number of ether oxygens (including phenoxy) is 6. The van der Waals surface area contributed by atoms with Crippen LogP contribution >= 0.6 is 0 Å². The Bertz CT molecular complexity index is 890. The minimum Gasteiger partial charge on any atom is -0.393 e. The van der Waals surface area contributed by atoms with Crippen molar-refractivity contribution in [1.82, 2.24) is 0 Å². The molecule has 0 saturated carbocycles. The Labute approximate surface area is 231 Å². The molecule has 6 saturated heterocycles. The van der Waals surface area contributed by atoms with Crippen molar-refractivity contribution < 1.29 is 48.8 Å². The van der Waals surface area contributed by atoms with Crippen LogP contribution in [0.3, 0.4) is 0 Å². The minimum absolute atomic E-state index is 0.0214. The summed E-state index contributed by atoms with van der Waals surface area (Å²) in [5.41, 5.74) is -0.994. The van der Waals surface area contributed by atoms with Gasteiger partial charge in [-0.25, -0.2) is 0 Å². The average molecular weight is 557 g/mol. The predicted molar refractivity (Wildman–Crippen MR) is 138 cm³/mol. The van der Waals surface area contributed by atoms with E-state index in [1.165, 1.54) is 0 Å². The predicted octanol–water partition coefficient (Wildman–Crippen LogP) is 1.14. The lowest BCUT2D eigenvalue weighted by Gasteiger charge is -2.51. The van der Waals surface area contributed by atoms with Crippen LogP contribution in [0.25, 0.3) is 0 Å². The fourth-order valence-electron chi connectivity index (χ4n) is 8.19. The molecule has 6 heterocycles. The zero-order valence-electron chi connectivity index (χ0n) is 23.8. The van der Waals surface area contributed by atoms with Gasteiger partial charge >= 0.3 is 0 Å². The first-order valence-electron chi connectivity index (χ1n) is 15.1. The van der Waals surface area contributed by atoms with Gasteiger partial charge in [-0.2, -0.15) is 0 Å². The lowest BCUT2D eigenvalue weighted by Crippen LogP contribution is -2.61. The van der Waals surface area contributed by atoms with Gasteiger partial charge in [0.05, 0.1) is 74.3 Å². The van der Waals surface area contributed by atoms with Gasteiger partial charge in [-0.1, -0.05) is 27.7 Å². The van der Waals surface area contributed by atoms with E-state index in [-0.39, 0.29) is 79.6 Å². The number of hydrogen-bond donors (Lipinski definition) is 4. The molecule has 1 unspecified atom stereocenters. The lowest BCUT2D eigenvalue weighted by molar-refractivity contribution is -0.339. The van der Waals surface area contributed by atoms with Crippen molar-refractivity contribution in [2.45, 2.75) is 145 Å². The molecule has 0 aromatic carbocycles. The van der Waals surface area contributed by atoms with E-state index in [4.69, 9.17) is 28.4 Å². The molecule has 0 radical (unpaired) electrons. The molecular weight excluding hydrogens is 508 g/mol. The molecule has 10 heteroatoms. The molecule has 6 rings (SSSR count). The van der Waals surface area contributed by atoms with Crippen molar-refractivity contribution >= 4 is 0 Å². The minimum atomic E-state index is -0.994. The Kier molecular flexibility index (Phi) is 7.65. The van der Waals surface area contributed by atoms with Crippen LogP contribution < -0.4 is 0 Å². The summed E-state index contributed by atoms with van der Waals surface area (Å²) in [6.45, 7) is 10.1. The van der Waals surface area contributed by atoms with Gasteiger partial charge in [-0.3, -0.25) is 0 Å². The van der Waals surface area contributed by atoms with Gasteiger partial charge in [0.1, 0.15) is 11.7 Å². The molecule has 0 aromatic rings. The first kappa shape index (κ1) is 28.7. The van der Waals surface area contributed by atoms with Crippen LogP contribution in [0, 0.1) is 23.7 Å². The van der Waals surface area contributed by atoms with Crippen molar-refractivity contribution in [2.24, 2.45) is 23.7 Å². The first-order chi connectivity index (χ1) is 18.4. The van der Waals surface area contributed by atoms with E-state index in [9.17, 15) is 20.4 Å². The zero-order chi connectivity index (χ0) is 27.9. The lowest BCUT2D eigenvalue weighted by atomic mass is 9.75. The molecule has 10 nitrogen and oxygen atoms in total. The van der Waals surface area contributed by atoms with Crippen LogP contribution in [-0.2, 0) is 28.4 Å². The molecule has 6 aliphatic heterocycles. The molecule has 0 bridgehead atoms. The highest BCUT2D eigenvalue weighted by atomic mass is 16.7. The van der Waals surface area contributed by atoms with E-state index in [0.717, 1.165) is 12.8 Å². The number of aliphatic hydroxyl groups excluding tert-OH is 4. The van der Waals surface area contributed by atoms with Crippen LogP contribution in [-0.4, -0.2) is 112 Å². The molecule has 0 aliphatic carbocycles. The molecule has 6 fully saturated rings. The standard InChI is InChI=1S/C29H48O10/c1-13-6-18-19(35-20-9-23(32)28(5,12-30)38-21(20)7-13)8-22-25(36-18)15(3)24(33)27-26(37-22)14(2)16(4)29(39-27)10-17(31)11-34-29/h13-27,30-33H,6-12H2,1-5H3/t13-,14+,15+,16+,17+,18+,19-,20+,21-,22+,23-,24+,25-,26-,27+,28+,29?/m1/s1. The molecule has 4 N–H and O–H groups in total. The molecule has 39 heavy (non-hydrogen) atoms. The quantitative estimate of drug-likeness (QED) is 0.372. The maximum absolute atomic E-state index is 11.6. The van der Waals surface area contributed by atoms with E-state index in [1.807, 2.05) is 6.92 Å². The molecule has 0 amide bonds. The smallest absolute Gasteiger partial charge is 0.174 e. The van der Waals surface area contributed by atoms with E-state index >= 15 is 0 Å². The molecule has 0 aromatic heterocycles. The fourth-order valence-corrected chi connectivity index (χ4v) is 8.19.